The molecule has 0 spiro atoms. The molecule has 2 aromatic heterocycles. The first-order chi connectivity index (χ1) is 11.1. The molecule has 3 rings (SSSR count). The summed E-state index contributed by atoms with van der Waals surface area (Å²) in [5.41, 5.74) is 2.88. The van der Waals surface area contributed by atoms with E-state index in [2.05, 4.69) is 10.3 Å². The maximum atomic E-state index is 12.1. The molecule has 4 nitrogen and oxygen atoms in total. The molecule has 0 saturated carbocycles. The Balaban J connectivity index is 1.83. The van der Waals surface area contributed by atoms with Gasteiger partial charge >= 0.3 is 0 Å². The Morgan fingerprint density at radius 3 is 2.87 bits per heavy atom. The summed E-state index contributed by atoms with van der Waals surface area (Å²) in [5.74, 6) is -0.266. The average Bonchev–Trinajstić information content (AvgIpc) is 2.85. The fraction of sp³-hybridized carbons (Fsp3) is 0.0588. The summed E-state index contributed by atoms with van der Waals surface area (Å²) >= 11 is 12.2. The van der Waals surface area contributed by atoms with Crippen LogP contribution in [0, 0.1) is 6.92 Å². The van der Waals surface area contributed by atoms with Gasteiger partial charge in [-0.15, -0.1) is 0 Å². The van der Waals surface area contributed by atoms with Gasteiger partial charge in [-0.1, -0.05) is 35.3 Å². The van der Waals surface area contributed by atoms with E-state index in [1.807, 2.05) is 35.7 Å². The number of pyridine rings is 1. The van der Waals surface area contributed by atoms with Gasteiger partial charge < -0.3 is 5.32 Å². The SMILES string of the molecule is Cc1c(Cl)cccc1NC(=O)C=Cc1c(Cl)nc2ccccn12. The van der Waals surface area contributed by atoms with E-state index in [1.165, 1.54) is 6.08 Å². The van der Waals surface area contributed by atoms with Gasteiger partial charge in [0.25, 0.3) is 0 Å². The number of hydrogen-bond donors (Lipinski definition) is 1. The lowest BCUT2D eigenvalue weighted by Gasteiger charge is -2.07. The van der Waals surface area contributed by atoms with Crippen molar-refractivity contribution in [3.63, 3.8) is 0 Å². The van der Waals surface area contributed by atoms with Gasteiger partial charge in [-0.3, -0.25) is 9.20 Å². The lowest BCUT2D eigenvalue weighted by molar-refractivity contribution is -0.111. The molecule has 0 unspecified atom stereocenters. The van der Waals surface area contributed by atoms with Crippen LogP contribution < -0.4 is 5.32 Å². The number of amides is 1. The number of carbonyl (C=O) groups excluding carboxylic acids is 1. The minimum absolute atomic E-state index is 0.266. The summed E-state index contributed by atoms with van der Waals surface area (Å²) in [6.07, 6.45) is 4.90. The van der Waals surface area contributed by atoms with Crippen molar-refractivity contribution in [2.75, 3.05) is 5.32 Å². The van der Waals surface area contributed by atoms with Crippen LogP contribution in [0.15, 0.2) is 48.7 Å². The highest BCUT2D eigenvalue weighted by atomic mass is 35.5. The molecule has 0 fully saturated rings. The number of nitrogens with one attached hydrogen (secondary N) is 1. The molecule has 0 radical (unpaired) electrons. The van der Waals surface area contributed by atoms with Crippen LogP contribution in [0.4, 0.5) is 5.69 Å². The predicted octanol–water partition coefficient (Wildman–Crippen LogP) is 4.60. The third-order valence-corrected chi connectivity index (χ3v) is 4.13. The predicted molar refractivity (Wildman–Crippen MR) is 94.1 cm³/mol. The van der Waals surface area contributed by atoms with E-state index in [1.54, 1.807) is 24.3 Å². The van der Waals surface area contributed by atoms with Crippen LogP contribution in [-0.2, 0) is 4.79 Å². The Bertz CT molecular complexity index is 915. The number of rotatable bonds is 3. The van der Waals surface area contributed by atoms with E-state index in [0.717, 1.165) is 11.2 Å². The van der Waals surface area contributed by atoms with Gasteiger partial charge in [0.2, 0.25) is 5.91 Å². The molecule has 0 aliphatic rings. The molecule has 6 heteroatoms. The second kappa shape index (κ2) is 6.44. The summed E-state index contributed by atoms with van der Waals surface area (Å²) in [7, 11) is 0. The Labute approximate surface area is 143 Å². The number of aromatic nitrogens is 2. The Morgan fingerprint density at radius 2 is 2.04 bits per heavy atom. The average molecular weight is 346 g/mol. The van der Waals surface area contributed by atoms with E-state index in [-0.39, 0.29) is 5.91 Å². The van der Waals surface area contributed by atoms with E-state index in [4.69, 9.17) is 23.2 Å². The highest BCUT2D eigenvalue weighted by Gasteiger charge is 2.08. The number of imidazole rings is 1. The smallest absolute Gasteiger partial charge is 0.248 e. The topological polar surface area (TPSA) is 46.4 Å². The molecule has 0 aliphatic heterocycles. The van der Waals surface area contributed by atoms with Crippen LogP contribution in [0.3, 0.4) is 0 Å². The zero-order chi connectivity index (χ0) is 16.4. The highest BCUT2D eigenvalue weighted by Crippen LogP contribution is 2.23. The first-order valence-corrected chi connectivity index (χ1v) is 7.68. The van der Waals surface area contributed by atoms with Crippen LogP contribution in [-0.4, -0.2) is 15.3 Å². The van der Waals surface area contributed by atoms with Crippen molar-refractivity contribution in [2.45, 2.75) is 6.92 Å². The van der Waals surface area contributed by atoms with Gasteiger partial charge in [-0.25, -0.2) is 4.98 Å². The number of anilines is 1. The molecule has 1 N–H and O–H groups in total. The third kappa shape index (κ3) is 3.23. The van der Waals surface area contributed by atoms with Crippen molar-refractivity contribution in [3.05, 3.63) is 70.1 Å². The quantitative estimate of drug-likeness (QED) is 0.705. The van der Waals surface area contributed by atoms with Crippen molar-refractivity contribution in [1.29, 1.82) is 0 Å². The highest BCUT2D eigenvalue weighted by molar-refractivity contribution is 6.32. The van der Waals surface area contributed by atoms with E-state index in [0.29, 0.717) is 21.6 Å². The molecular weight excluding hydrogens is 333 g/mol. The number of fused-ring (bicyclic) bond motifs is 1. The van der Waals surface area contributed by atoms with E-state index < -0.39 is 0 Å². The maximum absolute atomic E-state index is 12.1. The Hall–Kier alpha value is -2.30. The lowest BCUT2D eigenvalue weighted by atomic mass is 10.2. The first kappa shape index (κ1) is 15.6. The summed E-state index contributed by atoms with van der Waals surface area (Å²) in [5, 5.41) is 3.75. The molecule has 0 aliphatic carbocycles. The van der Waals surface area contributed by atoms with E-state index in [9.17, 15) is 4.79 Å². The van der Waals surface area contributed by atoms with Gasteiger partial charge in [0, 0.05) is 23.0 Å². The standard InChI is InChI=1S/C17H13Cl2N3O/c1-11-12(18)5-4-6-13(11)20-16(23)9-8-14-17(19)21-15-7-2-3-10-22(14)15/h2-10H,1H3,(H,20,23). The van der Waals surface area contributed by atoms with Crippen LogP contribution >= 0.6 is 23.2 Å². The first-order valence-electron chi connectivity index (χ1n) is 6.93. The second-order valence-electron chi connectivity index (χ2n) is 4.95. The third-order valence-electron chi connectivity index (χ3n) is 3.44. The summed E-state index contributed by atoms with van der Waals surface area (Å²) in [6.45, 7) is 1.85. The van der Waals surface area contributed by atoms with E-state index >= 15 is 0 Å². The molecule has 1 aromatic carbocycles. The zero-order valence-electron chi connectivity index (χ0n) is 12.3. The van der Waals surface area contributed by atoms with Gasteiger partial charge in [-0.05, 0) is 42.8 Å². The molecular formula is C17H13Cl2N3O. The van der Waals surface area contributed by atoms with Crippen molar-refractivity contribution in [2.24, 2.45) is 0 Å². The fourth-order valence-corrected chi connectivity index (χ4v) is 2.62. The number of benzene rings is 1. The zero-order valence-corrected chi connectivity index (χ0v) is 13.8. The van der Waals surface area contributed by atoms with Crippen molar-refractivity contribution in [3.8, 4) is 0 Å². The van der Waals surface area contributed by atoms with Crippen LogP contribution in [0.1, 0.15) is 11.3 Å². The Morgan fingerprint density at radius 1 is 1.22 bits per heavy atom. The molecule has 0 bridgehead atoms. The minimum Gasteiger partial charge on any atom is -0.322 e. The fourth-order valence-electron chi connectivity index (χ4n) is 2.21. The summed E-state index contributed by atoms with van der Waals surface area (Å²) in [6, 6.07) is 11.0. The second-order valence-corrected chi connectivity index (χ2v) is 5.72. The molecule has 2 heterocycles. The Kier molecular flexibility index (Phi) is 4.37. The lowest BCUT2D eigenvalue weighted by Crippen LogP contribution is -2.09. The minimum atomic E-state index is -0.266. The normalized spacial score (nSPS) is 11.3. The van der Waals surface area contributed by atoms with Crippen LogP contribution in [0.2, 0.25) is 10.2 Å². The largest absolute Gasteiger partial charge is 0.322 e. The molecule has 1 amide bonds. The van der Waals surface area contributed by atoms with Crippen molar-refractivity contribution >= 4 is 46.5 Å². The summed E-state index contributed by atoms with van der Waals surface area (Å²) in [4.78, 5) is 16.3. The van der Waals surface area contributed by atoms with Gasteiger partial charge in [0.05, 0.1) is 5.69 Å². The molecule has 0 saturated heterocycles. The monoisotopic (exact) mass is 345 g/mol. The summed E-state index contributed by atoms with van der Waals surface area (Å²) < 4.78 is 1.82. The maximum Gasteiger partial charge on any atom is 0.248 e. The number of halogens is 2. The van der Waals surface area contributed by atoms with Crippen LogP contribution in [0.25, 0.3) is 11.7 Å². The van der Waals surface area contributed by atoms with Gasteiger partial charge in [0.1, 0.15) is 5.65 Å². The van der Waals surface area contributed by atoms with Gasteiger partial charge in [-0.2, -0.15) is 0 Å². The number of carbonyl (C=O) groups is 1. The van der Waals surface area contributed by atoms with Crippen molar-refractivity contribution < 1.29 is 4.79 Å². The molecule has 23 heavy (non-hydrogen) atoms. The molecule has 0 atom stereocenters. The van der Waals surface area contributed by atoms with Gasteiger partial charge in [0.15, 0.2) is 5.15 Å². The number of nitrogens with zero attached hydrogens (tertiary/aromatic N) is 2. The molecule has 116 valence electrons. The van der Waals surface area contributed by atoms with Crippen molar-refractivity contribution in [1.82, 2.24) is 9.38 Å². The van der Waals surface area contributed by atoms with Crippen LogP contribution in [0.5, 0.6) is 0 Å². The molecule has 3 aromatic rings. The number of hydrogen-bond acceptors (Lipinski definition) is 2.